The van der Waals surface area contributed by atoms with E-state index in [2.05, 4.69) is 45.2 Å². The Balaban J connectivity index is 2.48. The molecule has 0 aliphatic carbocycles. The van der Waals surface area contributed by atoms with Crippen molar-refractivity contribution in [2.45, 2.75) is 6.92 Å². The number of hydrogen-bond acceptors (Lipinski definition) is 4. The van der Waals surface area contributed by atoms with Gasteiger partial charge in [-0.3, -0.25) is 14.5 Å². The molecule has 0 unspecified atom stereocenters. The second kappa shape index (κ2) is 6.65. The minimum absolute atomic E-state index is 0.250. The van der Waals surface area contributed by atoms with E-state index in [0.29, 0.717) is 11.5 Å². The molecule has 1 aliphatic heterocycles. The molecule has 2 rings (SSSR count). The van der Waals surface area contributed by atoms with Crippen LogP contribution in [0.2, 0.25) is 0 Å². The zero-order chi connectivity index (χ0) is 14.9. The Hall–Kier alpha value is -0.290. The summed E-state index contributed by atoms with van der Waals surface area (Å²) in [4.78, 5) is 25.0. The highest BCUT2D eigenvalue weighted by atomic mass is 127. The van der Waals surface area contributed by atoms with Gasteiger partial charge in [-0.2, -0.15) is 0 Å². The Kier molecular flexibility index (Phi) is 5.35. The number of thioether (sulfide) groups is 1. The van der Waals surface area contributed by atoms with Gasteiger partial charge >= 0.3 is 0 Å². The van der Waals surface area contributed by atoms with Gasteiger partial charge < -0.3 is 4.74 Å². The molecule has 7 heteroatoms. The third-order valence-corrected chi connectivity index (χ3v) is 4.98. The minimum Gasteiger partial charge on any atom is -0.492 e. The first-order valence-corrected chi connectivity index (χ1v) is 8.74. The zero-order valence-electron chi connectivity index (χ0n) is 10.8. The normalized spacial score (nSPS) is 17.2. The summed E-state index contributed by atoms with van der Waals surface area (Å²) < 4.78 is 7.69. The van der Waals surface area contributed by atoms with Crippen LogP contribution in [0.3, 0.4) is 0 Å². The SMILES string of the molecule is CCOc1c(I)cc(I)cc1/C=C1/SC(=O)N(C)C1=O. The smallest absolute Gasteiger partial charge is 0.293 e. The highest BCUT2D eigenvalue weighted by Gasteiger charge is 2.32. The number of nitrogens with zero attached hydrogens (tertiary/aromatic N) is 1. The van der Waals surface area contributed by atoms with E-state index in [0.717, 1.165) is 35.1 Å². The van der Waals surface area contributed by atoms with Gasteiger partial charge in [-0.05, 0) is 82.1 Å². The summed E-state index contributed by atoms with van der Waals surface area (Å²) in [7, 11) is 1.49. The van der Waals surface area contributed by atoms with Gasteiger partial charge in [0, 0.05) is 16.2 Å². The molecule has 1 saturated heterocycles. The molecule has 1 fully saturated rings. The van der Waals surface area contributed by atoms with E-state index in [4.69, 9.17) is 4.74 Å². The molecule has 0 radical (unpaired) electrons. The van der Waals surface area contributed by atoms with Crippen LogP contribution in [0.15, 0.2) is 17.0 Å². The van der Waals surface area contributed by atoms with Crippen LogP contribution in [0, 0.1) is 7.14 Å². The summed E-state index contributed by atoms with van der Waals surface area (Å²) in [6.07, 6.45) is 1.73. The van der Waals surface area contributed by atoms with Crippen LogP contribution in [0.5, 0.6) is 5.75 Å². The average Bonchev–Trinajstić information content (AvgIpc) is 2.61. The van der Waals surface area contributed by atoms with E-state index >= 15 is 0 Å². The molecule has 106 valence electrons. The van der Waals surface area contributed by atoms with Gasteiger partial charge in [-0.1, -0.05) is 0 Å². The Morgan fingerprint density at radius 2 is 2.05 bits per heavy atom. The second-order valence-corrected chi connectivity index (χ2v) is 7.38. The van der Waals surface area contributed by atoms with Crippen LogP contribution >= 0.6 is 56.9 Å². The Morgan fingerprint density at radius 3 is 2.60 bits per heavy atom. The van der Waals surface area contributed by atoms with Gasteiger partial charge in [-0.15, -0.1) is 0 Å². The first-order valence-electron chi connectivity index (χ1n) is 5.77. The molecule has 1 aromatic rings. The number of carbonyl (C=O) groups excluding carboxylic acids is 2. The van der Waals surface area contributed by atoms with Gasteiger partial charge in [0.25, 0.3) is 11.1 Å². The van der Waals surface area contributed by atoms with Gasteiger partial charge in [0.1, 0.15) is 5.75 Å². The fourth-order valence-electron chi connectivity index (χ4n) is 1.67. The van der Waals surface area contributed by atoms with E-state index in [9.17, 15) is 9.59 Å². The first kappa shape index (κ1) is 16.1. The predicted octanol–water partition coefficient (Wildman–Crippen LogP) is 3.96. The van der Waals surface area contributed by atoms with E-state index < -0.39 is 0 Å². The largest absolute Gasteiger partial charge is 0.492 e. The van der Waals surface area contributed by atoms with Gasteiger partial charge in [0.15, 0.2) is 0 Å². The predicted molar refractivity (Wildman–Crippen MR) is 96.8 cm³/mol. The molecule has 0 N–H and O–H groups in total. The van der Waals surface area contributed by atoms with Crippen molar-refractivity contribution in [1.29, 1.82) is 0 Å². The van der Waals surface area contributed by atoms with Crippen molar-refractivity contribution in [2.24, 2.45) is 0 Å². The molecule has 1 heterocycles. The molecule has 0 spiro atoms. The monoisotopic (exact) mass is 515 g/mol. The number of hydrogen-bond donors (Lipinski definition) is 0. The van der Waals surface area contributed by atoms with Crippen LogP contribution in [-0.2, 0) is 4.79 Å². The quantitative estimate of drug-likeness (QED) is 0.452. The minimum atomic E-state index is -0.267. The summed E-state index contributed by atoms with van der Waals surface area (Å²) in [5.41, 5.74) is 0.821. The van der Waals surface area contributed by atoms with Crippen molar-refractivity contribution in [3.8, 4) is 5.75 Å². The maximum atomic E-state index is 11.9. The number of amides is 2. The third kappa shape index (κ3) is 3.30. The van der Waals surface area contributed by atoms with Gasteiger partial charge in [0.05, 0.1) is 15.1 Å². The summed E-state index contributed by atoms with van der Waals surface area (Å²) in [6.45, 7) is 2.46. The van der Waals surface area contributed by atoms with E-state index in [-0.39, 0.29) is 11.1 Å². The lowest BCUT2D eigenvalue weighted by molar-refractivity contribution is -0.121. The number of halogens is 2. The van der Waals surface area contributed by atoms with E-state index in [1.807, 2.05) is 19.1 Å². The number of benzene rings is 1. The number of rotatable bonds is 3. The first-order chi connectivity index (χ1) is 9.43. The summed E-state index contributed by atoms with van der Waals surface area (Å²) >= 11 is 5.38. The average molecular weight is 515 g/mol. The molecule has 1 aromatic carbocycles. The summed E-state index contributed by atoms with van der Waals surface area (Å²) in [5, 5.41) is -0.250. The lowest BCUT2D eigenvalue weighted by Crippen LogP contribution is -2.22. The molecule has 1 aliphatic rings. The molecular weight excluding hydrogens is 504 g/mol. The van der Waals surface area contributed by atoms with E-state index in [1.54, 1.807) is 6.08 Å². The standard InChI is InChI=1S/C13H11I2NO3S/c1-3-19-11-7(4-8(14)6-9(11)15)5-10-12(17)16(2)13(18)20-10/h4-6H,3H2,1-2H3/b10-5+. The Labute approximate surface area is 148 Å². The lowest BCUT2D eigenvalue weighted by atomic mass is 10.2. The molecule has 0 aromatic heterocycles. The van der Waals surface area contributed by atoms with Crippen molar-refractivity contribution >= 4 is 74.2 Å². The van der Waals surface area contributed by atoms with Crippen molar-refractivity contribution in [3.63, 3.8) is 0 Å². The number of imide groups is 1. The molecule has 0 atom stereocenters. The van der Waals surface area contributed by atoms with Gasteiger partial charge in [0.2, 0.25) is 0 Å². The Morgan fingerprint density at radius 1 is 1.35 bits per heavy atom. The fraction of sp³-hybridized carbons (Fsp3) is 0.231. The van der Waals surface area contributed by atoms with Gasteiger partial charge in [-0.25, -0.2) is 0 Å². The second-order valence-electron chi connectivity index (χ2n) is 3.98. The summed E-state index contributed by atoms with van der Waals surface area (Å²) in [6, 6.07) is 3.95. The van der Waals surface area contributed by atoms with Crippen molar-refractivity contribution < 1.29 is 14.3 Å². The van der Waals surface area contributed by atoms with Crippen LogP contribution < -0.4 is 4.74 Å². The van der Waals surface area contributed by atoms with Crippen LogP contribution in [-0.4, -0.2) is 29.7 Å². The zero-order valence-corrected chi connectivity index (χ0v) is 15.9. The van der Waals surface area contributed by atoms with Crippen LogP contribution in [0.1, 0.15) is 12.5 Å². The summed E-state index contributed by atoms with van der Waals surface area (Å²) in [5.74, 6) is 0.479. The number of carbonyl (C=O) groups is 2. The maximum Gasteiger partial charge on any atom is 0.293 e. The Bertz CT molecular complexity index is 616. The maximum absolute atomic E-state index is 11.9. The third-order valence-electron chi connectivity index (χ3n) is 2.60. The molecular formula is C13H11I2NO3S. The molecule has 0 saturated carbocycles. The molecule has 2 amide bonds. The lowest BCUT2D eigenvalue weighted by Gasteiger charge is -2.11. The van der Waals surface area contributed by atoms with Crippen molar-refractivity contribution in [2.75, 3.05) is 13.7 Å². The topological polar surface area (TPSA) is 46.6 Å². The number of ether oxygens (including phenoxy) is 1. The fourth-order valence-corrected chi connectivity index (χ4v) is 4.53. The highest BCUT2D eigenvalue weighted by molar-refractivity contribution is 14.1. The van der Waals surface area contributed by atoms with E-state index in [1.165, 1.54) is 7.05 Å². The molecule has 20 heavy (non-hydrogen) atoms. The van der Waals surface area contributed by atoms with Crippen LogP contribution in [0.25, 0.3) is 6.08 Å². The van der Waals surface area contributed by atoms with Crippen molar-refractivity contribution in [3.05, 3.63) is 29.7 Å². The van der Waals surface area contributed by atoms with Crippen LogP contribution in [0.4, 0.5) is 4.79 Å². The molecule has 0 bridgehead atoms. The highest BCUT2D eigenvalue weighted by Crippen LogP contribution is 2.35. The number of likely N-dealkylation sites (N-methyl/N-ethyl adjacent to an activating group) is 1. The molecule has 4 nitrogen and oxygen atoms in total. The van der Waals surface area contributed by atoms with Crippen molar-refractivity contribution in [1.82, 2.24) is 4.90 Å².